The van der Waals surface area contributed by atoms with Gasteiger partial charge in [0, 0.05) is 28.6 Å². The normalized spacial score (nSPS) is 9.28. The molecule has 2 aromatic heterocycles. The maximum absolute atomic E-state index is 5.68. The SMILES string of the molecule is CC.Nc1ncc(Br)cc1OCc1cccnc1. The monoisotopic (exact) mass is 309 g/mol. The fraction of sp³-hybridized carbons (Fsp3) is 0.231. The second-order valence-electron chi connectivity index (χ2n) is 3.19. The number of nitrogens with two attached hydrogens (primary N) is 1. The Labute approximate surface area is 115 Å². The quantitative estimate of drug-likeness (QED) is 0.943. The lowest BCUT2D eigenvalue weighted by molar-refractivity contribution is 0.306. The van der Waals surface area contributed by atoms with E-state index in [4.69, 9.17) is 10.5 Å². The van der Waals surface area contributed by atoms with Crippen LogP contribution in [-0.4, -0.2) is 9.97 Å². The first-order valence-electron chi connectivity index (χ1n) is 5.68. The molecule has 5 heteroatoms. The van der Waals surface area contributed by atoms with Crippen LogP contribution >= 0.6 is 15.9 Å². The Kier molecular flexibility index (Phi) is 6.14. The van der Waals surface area contributed by atoms with Gasteiger partial charge in [-0.2, -0.15) is 0 Å². The van der Waals surface area contributed by atoms with Gasteiger partial charge in [-0.05, 0) is 28.1 Å². The zero-order valence-electron chi connectivity index (χ0n) is 10.4. The lowest BCUT2D eigenvalue weighted by atomic mass is 10.3. The molecular weight excluding hydrogens is 294 g/mol. The van der Waals surface area contributed by atoms with Crippen LogP contribution in [-0.2, 0) is 6.61 Å². The molecule has 4 nitrogen and oxygen atoms in total. The summed E-state index contributed by atoms with van der Waals surface area (Å²) < 4.78 is 6.38. The summed E-state index contributed by atoms with van der Waals surface area (Å²) in [5.41, 5.74) is 6.67. The Hall–Kier alpha value is -1.62. The Bertz CT molecular complexity index is 477. The van der Waals surface area contributed by atoms with Gasteiger partial charge in [-0.1, -0.05) is 19.9 Å². The maximum Gasteiger partial charge on any atom is 0.166 e. The molecule has 0 aliphatic heterocycles. The minimum Gasteiger partial charge on any atom is -0.485 e. The van der Waals surface area contributed by atoms with Gasteiger partial charge in [-0.3, -0.25) is 4.98 Å². The van der Waals surface area contributed by atoms with Gasteiger partial charge in [0.05, 0.1) is 0 Å². The number of ether oxygens (including phenoxy) is 1. The second-order valence-corrected chi connectivity index (χ2v) is 4.10. The van der Waals surface area contributed by atoms with Crippen molar-refractivity contribution in [2.24, 2.45) is 0 Å². The van der Waals surface area contributed by atoms with Crippen LogP contribution in [0.15, 0.2) is 41.3 Å². The Balaban J connectivity index is 0.000000771. The van der Waals surface area contributed by atoms with Crippen LogP contribution in [0.25, 0.3) is 0 Å². The van der Waals surface area contributed by atoms with E-state index >= 15 is 0 Å². The van der Waals surface area contributed by atoms with Crippen molar-refractivity contribution in [1.82, 2.24) is 9.97 Å². The molecule has 0 aliphatic rings. The predicted octanol–water partition coefficient (Wildman–Crippen LogP) is 3.43. The summed E-state index contributed by atoms with van der Waals surface area (Å²) in [5.74, 6) is 0.949. The average molecular weight is 310 g/mol. The van der Waals surface area contributed by atoms with Crippen molar-refractivity contribution in [2.75, 3.05) is 5.73 Å². The number of halogens is 1. The molecule has 2 rings (SSSR count). The molecule has 0 aromatic carbocycles. The summed E-state index contributed by atoms with van der Waals surface area (Å²) in [6.45, 7) is 4.43. The molecule has 2 aromatic rings. The fourth-order valence-corrected chi connectivity index (χ4v) is 1.50. The largest absolute Gasteiger partial charge is 0.485 e. The van der Waals surface area contributed by atoms with E-state index in [2.05, 4.69) is 25.9 Å². The van der Waals surface area contributed by atoms with E-state index in [1.54, 1.807) is 24.7 Å². The smallest absolute Gasteiger partial charge is 0.166 e. The lowest BCUT2D eigenvalue weighted by Gasteiger charge is -2.07. The second kappa shape index (κ2) is 7.66. The van der Waals surface area contributed by atoms with E-state index < -0.39 is 0 Å². The minimum absolute atomic E-state index is 0.382. The van der Waals surface area contributed by atoms with Gasteiger partial charge in [-0.25, -0.2) is 4.98 Å². The number of aromatic nitrogens is 2. The van der Waals surface area contributed by atoms with E-state index in [1.165, 1.54) is 0 Å². The summed E-state index contributed by atoms with van der Waals surface area (Å²) in [6.07, 6.45) is 5.10. The highest BCUT2D eigenvalue weighted by Crippen LogP contribution is 2.23. The number of hydrogen-bond donors (Lipinski definition) is 1. The molecule has 0 radical (unpaired) electrons. The van der Waals surface area contributed by atoms with Crippen molar-refractivity contribution in [1.29, 1.82) is 0 Å². The highest BCUT2D eigenvalue weighted by Gasteiger charge is 2.03. The van der Waals surface area contributed by atoms with Gasteiger partial charge >= 0.3 is 0 Å². The first-order valence-corrected chi connectivity index (χ1v) is 6.48. The predicted molar refractivity (Wildman–Crippen MR) is 76.3 cm³/mol. The Morgan fingerprint density at radius 2 is 2.11 bits per heavy atom. The van der Waals surface area contributed by atoms with Gasteiger partial charge in [0.15, 0.2) is 11.6 Å². The summed E-state index contributed by atoms with van der Waals surface area (Å²) >= 11 is 3.31. The number of nitrogens with zero attached hydrogens (tertiary/aromatic N) is 2. The summed E-state index contributed by atoms with van der Waals surface area (Å²) in [5, 5.41) is 0. The van der Waals surface area contributed by atoms with Crippen LogP contribution in [0.2, 0.25) is 0 Å². The highest BCUT2D eigenvalue weighted by molar-refractivity contribution is 9.10. The molecule has 0 saturated carbocycles. The number of pyridine rings is 2. The molecule has 0 bridgehead atoms. The number of anilines is 1. The Morgan fingerprint density at radius 3 is 2.78 bits per heavy atom. The molecule has 0 unspecified atom stereocenters. The van der Waals surface area contributed by atoms with E-state index in [9.17, 15) is 0 Å². The van der Waals surface area contributed by atoms with Crippen molar-refractivity contribution >= 4 is 21.7 Å². The van der Waals surface area contributed by atoms with Crippen LogP contribution in [0.4, 0.5) is 5.82 Å². The molecule has 96 valence electrons. The minimum atomic E-state index is 0.382. The van der Waals surface area contributed by atoms with Crippen LogP contribution in [0.5, 0.6) is 5.75 Å². The lowest BCUT2D eigenvalue weighted by Crippen LogP contribution is -2.00. The van der Waals surface area contributed by atoms with Crippen molar-refractivity contribution in [3.63, 3.8) is 0 Å². The summed E-state index contributed by atoms with van der Waals surface area (Å²) in [7, 11) is 0. The third kappa shape index (κ3) is 4.33. The molecule has 0 aliphatic carbocycles. The van der Waals surface area contributed by atoms with Gasteiger partial charge in [0.2, 0.25) is 0 Å². The van der Waals surface area contributed by atoms with E-state index in [0.29, 0.717) is 18.2 Å². The van der Waals surface area contributed by atoms with Crippen LogP contribution in [0.3, 0.4) is 0 Å². The van der Waals surface area contributed by atoms with Crippen molar-refractivity contribution in [3.05, 3.63) is 46.8 Å². The van der Waals surface area contributed by atoms with Gasteiger partial charge < -0.3 is 10.5 Å². The van der Waals surface area contributed by atoms with Crippen LogP contribution in [0, 0.1) is 0 Å². The van der Waals surface area contributed by atoms with E-state index in [0.717, 1.165) is 10.0 Å². The van der Waals surface area contributed by atoms with Crippen LogP contribution < -0.4 is 10.5 Å². The zero-order chi connectivity index (χ0) is 13.4. The zero-order valence-corrected chi connectivity index (χ0v) is 12.0. The summed E-state index contributed by atoms with van der Waals surface area (Å²) in [4.78, 5) is 7.98. The number of hydrogen-bond acceptors (Lipinski definition) is 4. The first-order chi connectivity index (χ1) is 8.75. The standard InChI is InChI=1S/C11H10BrN3O.C2H6/c12-9-4-10(11(13)15-6-9)16-7-8-2-1-3-14-5-8;1-2/h1-6H,7H2,(H2,13,15);1-2H3. The van der Waals surface area contributed by atoms with Crippen LogP contribution in [0.1, 0.15) is 19.4 Å². The van der Waals surface area contributed by atoms with Gasteiger partial charge in [-0.15, -0.1) is 0 Å². The van der Waals surface area contributed by atoms with Crippen molar-refractivity contribution < 1.29 is 4.74 Å². The molecule has 0 fully saturated rings. The molecule has 0 amide bonds. The molecule has 2 N–H and O–H groups in total. The molecule has 2 heterocycles. The number of nitrogen functional groups attached to an aromatic ring is 1. The molecular formula is C13H16BrN3O. The number of rotatable bonds is 3. The molecule has 0 saturated heterocycles. The fourth-order valence-electron chi connectivity index (χ4n) is 1.19. The third-order valence-electron chi connectivity index (χ3n) is 1.97. The van der Waals surface area contributed by atoms with E-state index in [1.807, 2.05) is 26.0 Å². The van der Waals surface area contributed by atoms with Gasteiger partial charge in [0.25, 0.3) is 0 Å². The average Bonchev–Trinajstić information content (AvgIpc) is 2.43. The van der Waals surface area contributed by atoms with Gasteiger partial charge in [0.1, 0.15) is 6.61 Å². The molecule has 0 atom stereocenters. The Morgan fingerprint density at radius 1 is 1.33 bits per heavy atom. The topological polar surface area (TPSA) is 61.0 Å². The third-order valence-corrected chi connectivity index (χ3v) is 2.40. The van der Waals surface area contributed by atoms with E-state index in [-0.39, 0.29) is 0 Å². The maximum atomic E-state index is 5.68. The highest BCUT2D eigenvalue weighted by atomic mass is 79.9. The van der Waals surface area contributed by atoms with Crippen molar-refractivity contribution in [2.45, 2.75) is 20.5 Å². The summed E-state index contributed by atoms with van der Waals surface area (Å²) in [6, 6.07) is 5.59. The molecule has 0 spiro atoms. The van der Waals surface area contributed by atoms with Crippen molar-refractivity contribution in [3.8, 4) is 5.75 Å². The first kappa shape index (κ1) is 14.4. The molecule has 18 heavy (non-hydrogen) atoms.